The first-order valence-electron chi connectivity index (χ1n) is 4.72. The minimum atomic E-state index is -0.0252. The van der Waals surface area contributed by atoms with E-state index in [1.54, 1.807) is 0 Å². The van der Waals surface area contributed by atoms with Crippen LogP contribution in [0.1, 0.15) is 41.5 Å². The van der Waals surface area contributed by atoms with Gasteiger partial charge in [-0.15, -0.1) is 0 Å². The molecule has 0 aliphatic heterocycles. The second-order valence-corrected chi connectivity index (χ2v) is 5.46. The minimum absolute atomic E-state index is 0.0252. The monoisotopic (exact) mass is 199 g/mol. The van der Waals surface area contributed by atoms with Crippen molar-refractivity contribution in [3.8, 4) is 5.63 Å². The standard InChI is InChI=1S/C11H22NP/c1-9(2,8-13)10(3,4)11(5,6)12-7/h12H,1-7H3. The van der Waals surface area contributed by atoms with E-state index in [1.807, 2.05) is 7.05 Å². The van der Waals surface area contributed by atoms with E-state index in [4.69, 9.17) is 0 Å². The second kappa shape index (κ2) is 3.73. The quantitative estimate of drug-likeness (QED) is 0.687. The molecule has 13 heavy (non-hydrogen) atoms. The van der Waals surface area contributed by atoms with Crippen LogP contribution in [0.25, 0.3) is 0 Å². The topological polar surface area (TPSA) is 12.0 Å². The van der Waals surface area contributed by atoms with Crippen LogP contribution in [0.2, 0.25) is 0 Å². The van der Waals surface area contributed by atoms with Gasteiger partial charge in [0.15, 0.2) is 0 Å². The molecular weight excluding hydrogens is 177 g/mol. The van der Waals surface area contributed by atoms with Crippen LogP contribution in [0.15, 0.2) is 0 Å². The number of hydrogen-bond donors (Lipinski definition) is 1. The van der Waals surface area contributed by atoms with Gasteiger partial charge in [0.05, 0.1) is 0 Å². The predicted octanol–water partition coefficient (Wildman–Crippen LogP) is 3.41. The summed E-state index contributed by atoms with van der Waals surface area (Å²) in [6.45, 7) is 13.2. The van der Waals surface area contributed by atoms with E-state index in [0.717, 1.165) is 0 Å². The molecule has 0 bridgehead atoms. The molecule has 2 heteroatoms. The molecule has 0 saturated heterocycles. The van der Waals surface area contributed by atoms with E-state index in [2.05, 4.69) is 61.2 Å². The second-order valence-electron chi connectivity index (χ2n) is 5.24. The zero-order chi connectivity index (χ0) is 10.9. The molecule has 1 N–H and O–H groups in total. The zero-order valence-electron chi connectivity index (χ0n) is 9.95. The molecule has 0 spiro atoms. The molecule has 0 rings (SSSR count). The summed E-state index contributed by atoms with van der Waals surface area (Å²) in [6, 6.07) is 0. The summed E-state index contributed by atoms with van der Waals surface area (Å²) < 4.78 is 0. The summed E-state index contributed by atoms with van der Waals surface area (Å²) in [5.41, 5.74) is 3.21. The van der Waals surface area contributed by atoms with Crippen LogP contribution in [0.5, 0.6) is 0 Å². The van der Waals surface area contributed by atoms with Crippen LogP contribution >= 0.6 is 8.70 Å². The van der Waals surface area contributed by atoms with Crippen LogP contribution in [-0.2, 0) is 0 Å². The zero-order valence-corrected chi connectivity index (χ0v) is 10.8. The number of nitrogens with one attached hydrogen (secondary N) is 1. The Morgan fingerprint density at radius 1 is 1.00 bits per heavy atom. The molecule has 0 aromatic heterocycles. The van der Waals surface area contributed by atoms with Crippen molar-refractivity contribution in [3.63, 3.8) is 0 Å². The van der Waals surface area contributed by atoms with Crippen molar-refractivity contribution in [3.05, 3.63) is 0 Å². The SMILES string of the molecule is CNC(C)(C)C(C)(C)C(C)(C)C#P. The maximum absolute atomic E-state index is 4.19. The van der Waals surface area contributed by atoms with Gasteiger partial charge in [0, 0.05) is 0 Å². The molecule has 0 aromatic rings. The Morgan fingerprint density at radius 3 is 1.62 bits per heavy atom. The van der Waals surface area contributed by atoms with E-state index in [0.29, 0.717) is 0 Å². The van der Waals surface area contributed by atoms with E-state index in [-0.39, 0.29) is 16.4 Å². The molecule has 76 valence electrons. The van der Waals surface area contributed by atoms with Crippen molar-refractivity contribution >= 4 is 8.70 Å². The first kappa shape index (κ1) is 13.2. The molecular formula is C11H22NP. The number of rotatable bonds is 3. The molecule has 0 radical (unpaired) electrons. The van der Waals surface area contributed by atoms with E-state index in [9.17, 15) is 0 Å². The molecule has 0 aliphatic carbocycles. The fraction of sp³-hybridized carbons (Fsp3) is 0.909. The Morgan fingerprint density at radius 2 is 1.38 bits per heavy atom. The van der Waals surface area contributed by atoms with Gasteiger partial charge in [0.25, 0.3) is 0 Å². The molecule has 0 saturated carbocycles. The van der Waals surface area contributed by atoms with Crippen molar-refractivity contribution < 1.29 is 0 Å². The summed E-state index contributed by atoms with van der Waals surface area (Å²) >= 11 is 0. The fourth-order valence-electron chi connectivity index (χ4n) is 1.23. The molecule has 1 nitrogen and oxygen atoms in total. The van der Waals surface area contributed by atoms with Gasteiger partial charge >= 0.3 is 84.6 Å². The third kappa shape index (κ3) is 2.15. The average molecular weight is 199 g/mol. The molecule has 0 aliphatic rings. The van der Waals surface area contributed by atoms with Crippen LogP contribution in [0.4, 0.5) is 0 Å². The van der Waals surface area contributed by atoms with Gasteiger partial charge in [0.1, 0.15) is 0 Å². The molecule has 0 aromatic carbocycles. The van der Waals surface area contributed by atoms with Crippen molar-refractivity contribution in [1.29, 1.82) is 0 Å². The molecule has 0 unspecified atom stereocenters. The van der Waals surface area contributed by atoms with E-state index in [1.165, 1.54) is 0 Å². The Hall–Kier alpha value is 0.170. The van der Waals surface area contributed by atoms with E-state index < -0.39 is 0 Å². The van der Waals surface area contributed by atoms with Gasteiger partial charge in [-0.05, 0) is 0 Å². The molecule has 0 fully saturated rings. The Labute approximate surface area is 85.2 Å². The normalized spacial score (nSPS) is 14.0. The van der Waals surface area contributed by atoms with Crippen molar-refractivity contribution in [2.75, 3.05) is 7.05 Å². The van der Waals surface area contributed by atoms with Crippen LogP contribution < -0.4 is 5.32 Å². The number of hydrogen-bond acceptors (Lipinski definition) is 1. The first-order chi connectivity index (χ1) is 5.62. The Bertz CT molecular complexity index is 221. The van der Waals surface area contributed by atoms with Crippen molar-refractivity contribution in [1.82, 2.24) is 5.32 Å². The predicted molar refractivity (Wildman–Crippen MR) is 61.5 cm³/mol. The van der Waals surface area contributed by atoms with Crippen LogP contribution in [0, 0.1) is 16.5 Å². The Balaban J connectivity index is 5.10. The summed E-state index contributed by atoms with van der Waals surface area (Å²) in [5.74, 6) is 0. The van der Waals surface area contributed by atoms with Gasteiger partial charge < -0.3 is 0 Å². The molecule has 0 atom stereocenters. The van der Waals surface area contributed by atoms with Crippen LogP contribution in [0.3, 0.4) is 0 Å². The Kier molecular flexibility index (Phi) is 3.78. The van der Waals surface area contributed by atoms with E-state index >= 15 is 0 Å². The van der Waals surface area contributed by atoms with Gasteiger partial charge in [0.2, 0.25) is 0 Å². The first-order valence-corrected chi connectivity index (χ1v) is 5.17. The average Bonchev–Trinajstić information content (AvgIpc) is 2.03. The van der Waals surface area contributed by atoms with Gasteiger partial charge in [-0.25, -0.2) is 0 Å². The summed E-state index contributed by atoms with van der Waals surface area (Å²) in [5, 5.41) is 3.35. The van der Waals surface area contributed by atoms with Gasteiger partial charge in [-0.2, -0.15) is 0 Å². The third-order valence-electron chi connectivity index (χ3n) is 4.03. The summed E-state index contributed by atoms with van der Waals surface area (Å²) in [7, 11) is 6.18. The van der Waals surface area contributed by atoms with Crippen molar-refractivity contribution in [2.24, 2.45) is 10.8 Å². The van der Waals surface area contributed by atoms with Gasteiger partial charge in [-0.1, -0.05) is 0 Å². The third-order valence-corrected chi connectivity index (χ3v) is 4.59. The molecule has 0 amide bonds. The maximum atomic E-state index is 4.19. The fourth-order valence-corrected chi connectivity index (χ4v) is 1.51. The summed E-state index contributed by atoms with van der Waals surface area (Å²) in [4.78, 5) is 0. The van der Waals surface area contributed by atoms with Crippen molar-refractivity contribution in [2.45, 2.75) is 47.1 Å². The van der Waals surface area contributed by atoms with Crippen LogP contribution in [-0.4, -0.2) is 12.6 Å². The summed E-state index contributed by atoms with van der Waals surface area (Å²) in [6.07, 6.45) is 0. The molecule has 0 heterocycles. The van der Waals surface area contributed by atoms with Gasteiger partial charge in [-0.3, -0.25) is 0 Å².